The second-order valence-electron chi connectivity index (χ2n) is 4.72. The van der Waals surface area contributed by atoms with E-state index in [0.717, 1.165) is 38.4 Å². The summed E-state index contributed by atoms with van der Waals surface area (Å²) >= 11 is 0. The summed E-state index contributed by atoms with van der Waals surface area (Å²) < 4.78 is 5.25. The highest BCUT2D eigenvalue weighted by atomic mass is 16.5. The normalized spacial score (nSPS) is 15.5. The molecule has 0 radical (unpaired) electrons. The number of ether oxygens (including phenoxy) is 1. The Balaban J connectivity index is 2.21. The van der Waals surface area contributed by atoms with Crippen LogP contribution in [0.5, 0.6) is 0 Å². The molecule has 0 unspecified atom stereocenters. The van der Waals surface area contributed by atoms with Gasteiger partial charge in [0.2, 0.25) is 5.91 Å². The Morgan fingerprint density at radius 2 is 2.00 bits per heavy atom. The van der Waals surface area contributed by atoms with E-state index in [1.54, 1.807) is 0 Å². The van der Waals surface area contributed by atoms with Crippen molar-refractivity contribution in [2.24, 2.45) is 4.99 Å². The molecular weight excluding hydrogens is 256 g/mol. The minimum Gasteiger partial charge on any atom is -0.380 e. The first-order valence-electron chi connectivity index (χ1n) is 7.65. The minimum atomic E-state index is 0.236. The first kappa shape index (κ1) is 16.8. The number of hydrogen-bond donors (Lipinski definition) is 2. The van der Waals surface area contributed by atoms with Crippen LogP contribution in [-0.4, -0.2) is 62.7 Å². The van der Waals surface area contributed by atoms with Crippen LogP contribution in [-0.2, 0) is 9.53 Å². The lowest BCUT2D eigenvalue weighted by Gasteiger charge is -2.16. The monoisotopic (exact) mass is 284 g/mol. The zero-order valence-corrected chi connectivity index (χ0v) is 12.8. The Kier molecular flexibility index (Phi) is 8.78. The Morgan fingerprint density at radius 1 is 1.25 bits per heavy atom. The van der Waals surface area contributed by atoms with Crippen molar-refractivity contribution in [3.8, 4) is 0 Å². The maximum absolute atomic E-state index is 11.9. The van der Waals surface area contributed by atoms with Crippen molar-refractivity contribution in [3.63, 3.8) is 0 Å². The molecule has 1 saturated heterocycles. The fraction of sp³-hybridized carbons (Fsp3) is 0.857. The molecule has 1 rings (SSSR count). The summed E-state index contributed by atoms with van der Waals surface area (Å²) in [6.45, 7) is 9.22. The van der Waals surface area contributed by atoms with Crippen LogP contribution in [0.3, 0.4) is 0 Å². The molecule has 6 heteroatoms. The quantitative estimate of drug-likeness (QED) is 0.389. The van der Waals surface area contributed by atoms with Gasteiger partial charge in [-0.05, 0) is 26.7 Å². The molecule has 20 heavy (non-hydrogen) atoms. The summed E-state index contributed by atoms with van der Waals surface area (Å²) in [7, 11) is 0. The van der Waals surface area contributed by atoms with E-state index in [0.29, 0.717) is 32.7 Å². The average Bonchev–Trinajstić information content (AvgIpc) is 2.97. The second kappa shape index (κ2) is 10.5. The minimum absolute atomic E-state index is 0.236. The van der Waals surface area contributed by atoms with E-state index >= 15 is 0 Å². The van der Waals surface area contributed by atoms with Crippen molar-refractivity contribution < 1.29 is 9.53 Å². The third-order valence-corrected chi connectivity index (χ3v) is 3.14. The van der Waals surface area contributed by atoms with Gasteiger partial charge in [0.1, 0.15) is 0 Å². The van der Waals surface area contributed by atoms with Crippen LogP contribution in [0.25, 0.3) is 0 Å². The molecule has 0 aromatic carbocycles. The van der Waals surface area contributed by atoms with E-state index in [1.165, 1.54) is 0 Å². The van der Waals surface area contributed by atoms with E-state index in [1.807, 2.05) is 18.7 Å². The number of rotatable bonds is 8. The standard InChI is InChI=1S/C14H28N4O2/c1-3-15-14(17-9-12-20-4-2)16-8-7-13(19)18-10-5-6-11-18/h3-12H2,1-2H3,(H2,15,16,17). The lowest BCUT2D eigenvalue weighted by atomic mass is 10.3. The highest BCUT2D eigenvalue weighted by Crippen LogP contribution is 2.08. The van der Waals surface area contributed by atoms with Crippen LogP contribution >= 0.6 is 0 Å². The highest BCUT2D eigenvalue weighted by molar-refractivity contribution is 5.81. The predicted octanol–water partition coefficient (Wildman–Crippen LogP) is 0.591. The molecule has 2 N–H and O–H groups in total. The summed E-state index contributed by atoms with van der Waals surface area (Å²) in [6, 6.07) is 0. The molecule has 0 aromatic rings. The van der Waals surface area contributed by atoms with E-state index < -0.39 is 0 Å². The van der Waals surface area contributed by atoms with Crippen LogP contribution in [0, 0.1) is 0 Å². The third kappa shape index (κ3) is 6.75. The summed E-state index contributed by atoms with van der Waals surface area (Å²) in [5, 5.41) is 6.35. The molecule has 0 saturated carbocycles. The number of guanidine groups is 1. The number of amides is 1. The molecular formula is C14H28N4O2. The van der Waals surface area contributed by atoms with Crippen LogP contribution in [0.1, 0.15) is 33.1 Å². The Morgan fingerprint density at radius 3 is 2.65 bits per heavy atom. The molecule has 1 aliphatic rings. The summed E-state index contributed by atoms with van der Waals surface area (Å²) in [4.78, 5) is 18.2. The maximum Gasteiger partial charge on any atom is 0.224 e. The molecule has 1 amide bonds. The smallest absolute Gasteiger partial charge is 0.224 e. The molecule has 1 heterocycles. The predicted molar refractivity (Wildman–Crippen MR) is 80.9 cm³/mol. The fourth-order valence-corrected chi connectivity index (χ4v) is 2.12. The van der Waals surface area contributed by atoms with Gasteiger partial charge in [-0.25, -0.2) is 0 Å². The van der Waals surface area contributed by atoms with Crippen molar-refractivity contribution in [1.29, 1.82) is 0 Å². The zero-order valence-electron chi connectivity index (χ0n) is 12.8. The maximum atomic E-state index is 11.9. The fourth-order valence-electron chi connectivity index (χ4n) is 2.12. The molecule has 0 bridgehead atoms. The second-order valence-corrected chi connectivity index (χ2v) is 4.72. The van der Waals surface area contributed by atoms with Gasteiger partial charge in [-0.3, -0.25) is 9.79 Å². The van der Waals surface area contributed by atoms with E-state index in [-0.39, 0.29) is 5.91 Å². The molecule has 0 aliphatic carbocycles. The third-order valence-electron chi connectivity index (χ3n) is 3.14. The topological polar surface area (TPSA) is 66.0 Å². The van der Waals surface area contributed by atoms with Gasteiger partial charge in [-0.1, -0.05) is 0 Å². The molecule has 1 aliphatic heterocycles. The lowest BCUT2D eigenvalue weighted by Crippen LogP contribution is -2.40. The highest BCUT2D eigenvalue weighted by Gasteiger charge is 2.17. The van der Waals surface area contributed by atoms with Gasteiger partial charge in [0.05, 0.1) is 13.2 Å². The van der Waals surface area contributed by atoms with Gasteiger partial charge in [-0.2, -0.15) is 0 Å². The average molecular weight is 284 g/mol. The van der Waals surface area contributed by atoms with Crippen LogP contribution in [0.15, 0.2) is 4.99 Å². The van der Waals surface area contributed by atoms with Crippen molar-refractivity contribution in [3.05, 3.63) is 0 Å². The van der Waals surface area contributed by atoms with Gasteiger partial charge in [-0.15, -0.1) is 0 Å². The number of nitrogens with one attached hydrogen (secondary N) is 2. The van der Waals surface area contributed by atoms with Crippen LogP contribution in [0.2, 0.25) is 0 Å². The Labute approximate surface area is 122 Å². The first-order chi connectivity index (χ1) is 9.77. The van der Waals surface area contributed by atoms with E-state index in [4.69, 9.17) is 4.74 Å². The SMILES string of the molecule is CCNC(=NCCOCC)NCCC(=O)N1CCCC1. The van der Waals surface area contributed by atoms with Gasteiger partial charge < -0.3 is 20.3 Å². The Hall–Kier alpha value is -1.30. The zero-order chi connectivity index (χ0) is 14.6. The van der Waals surface area contributed by atoms with E-state index in [2.05, 4.69) is 15.6 Å². The number of hydrogen-bond acceptors (Lipinski definition) is 3. The van der Waals surface area contributed by atoms with E-state index in [9.17, 15) is 4.79 Å². The first-order valence-corrected chi connectivity index (χ1v) is 7.65. The summed E-state index contributed by atoms with van der Waals surface area (Å²) in [5.41, 5.74) is 0. The van der Waals surface area contributed by atoms with Gasteiger partial charge >= 0.3 is 0 Å². The summed E-state index contributed by atoms with van der Waals surface area (Å²) in [5.74, 6) is 0.988. The molecule has 0 atom stereocenters. The van der Waals surface area contributed by atoms with Gasteiger partial charge in [0, 0.05) is 39.2 Å². The number of likely N-dealkylation sites (tertiary alicyclic amines) is 1. The van der Waals surface area contributed by atoms with Gasteiger partial charge in [0.15, 0.2) is 5.96 Å². The number of nitrogens with zero attached hydrogens (tertiary/aromatic N) is 2. The van der Waals surface area contributed by atoms with Crippen molar-refractivity contribution >= 4 is 11.9 Å². The molecule has 0 aromatic heterocycles. The van der Waals surface area contributed by atoms with Crippen LogP contribution < -0.4 is 10.6 Å². The molecule has 0 spiro atoms. The van der Waals surface area contributed by atoms with Crippen LogP contribution in [0.4, 0.5) is 0 Å². The molecule has 1 fully saturated rings. The number of aliphatic imine (C=N–C) groups is 1. The van der Waals surface area contributed by atoms with Gasteiger partial charge in [0.25, 0.3) is 0 Å². The number of carbonyl (C=O) groups excluding carboxylic acids is 1. The lowest BCUT2D eigenvalue weighted by molar-refractivity contribution is -0.129. The van der Waals surface area contributed by atoms with Crippen molar-refractivity contribution in [2.45, 2.75) is 33.1 Å². The number of carbonyl (C=O) groups is 1. The Bertz CT molecular complexity index is 302. The van der Waals surface area contributed by atoms with Crippen molar-refractivity contribution in [1.82, 2.24) is 15.5 Å². The molecule has 6 nitrogen and oxygen atoms in total. The van der Waals surface area contributed by atoms with Crippen molar-refractivity contribution in [2.75, 3.05) is 45.9 Å². The molecule has 116 valence electrons. The largest absolute Gasteiger partial charge is 0.380 e. The summed E-state index contributed by atoms with van der Waals surface area (Å²) in [6.07, 6.45) is 2.80.